The maximum absolute atomic E-state index is 10.9. The van der Waals surface area contributed by atoms with Crippen molar-refractivity contribution in [1.82, 2.24) is 0 Å². The van der Waals surface area contributed by atoms with Gasteiger partial charge in [-0.2, -0.15) is 0 Å². The van der Waals surface area contributed by atoms with Gasteiger partial charge in [-0.1, -0.05) is 36.9 Å². The molecule has 0 fully saturated rings. The van der Waals surface area contributed by atoms with E-state index in [1.54, 1.807) is 0 Å². The lowest BCUT2D eigenvalue weighted by atomic mass is 10.1. The number of rotatable bonds is 7. The minimum atomic E-state index is -0.349. The molecule has 1 aromatic carbocycles. The standard InChI is InChI=1S/C15H22NO2.BrH/c1-4-15(17)18-13-12-16(2,3)11-10-14-8-6-5-7-9-14;/h4-9H,1,10-13H2,2-3H3;1H/q+1;/p-1. The van der Waals surface area contributed by atoms with Crippen LogP contribution in [-0.4, -0.2) is 44.2 Å². The summed E-state index contributed by atoms with van der Waals surface area (Å²) in [5.41, 5.74) is 1.34. The topological polar surface area (TPSA) is 26.3 Å². The highest BCUT2D eigenvalue weighted by molar-refractivity contribution is 5.81. The van der Waals surface area contributed by atoms with Crippen molar-refractivity contribution in [3.05, 3.63) is 48.6 Å². The van der Waals surface area contributed by atoms with E-state index in [4.69, 9.17) is 4.74 Å². The van der Waals surface area contributed by atoms with Crippen molar-refractivity contribution in [2.24, 2.45) is 0 Å². The summed E-state index contributed by atoms with van der Waals surface area (Å²) in [5, 5.41) is 0. The summed E-state index contributed by atoms with van der Waals surface area (Å²) in [4.78, 5) is 10.9. The van der Waals surface area contributed by atoms with E-state index in [0.29, 0.717) is 6.61 Å². The quantitative estimate of drug-likeness (QED) is 0.366. The average molecular weight is 328 g/mol. The van der Waals surface area contributed by atoms with Gasteiger partial charge in [-0.25, -0.2) is 4.79 Å². The van der Waals surface area contributed by atoms with Gasteiger partial charge in [0.2, 0.25) is 0 Å². The van der Waals surface area contributed by atoms with Crippen LogP contribution < -0.4 is 17.0 Å². The fraction of sp³-hybridized carbons (Fsp3) is 0.400. The van der Waals surface area contributed by atoms with Crippen LogP contribution >= 0.6 is 0 Å². The smallest absolute Gasteiger partial charge is 0.330 e. The highest BCUT2D eigenvalue weighted by atomic mass is 79.9. The van der Waals surface area contributed by atoms with Crippen molar-refractivity contribution in [3.8, 4) is 0 Å². The van der Waals surface area contributed by atoms with E-state index >= 15 is 0 Å². The average Bonchev–Trinajstić information content (AvgIpc) is 2.37. The molecule has 0 amide bonds. The zero-order chi connectivity index (χ0) is 13.4. The molecule has 0 spiro atoms. The Morgan fingerprint density at radius 1 is 1.26 bits per heavy atom. The molecule has 106 valence electrons. The Kier molecular flexibility index (Phi) is 8.35. The molecule has 0 heterocycles. The van der Waals surface area contributed by atoms with Gasteiger partial charge < -0.3 is 26.2 Å². The number of halogens is 1. The first kappa shape index (κ1) is 17.9. The molecule has 0 aliphatic carbocycles. The van der Waals surface area contributed by atoms with Gasteiger partial charge in [0.15, 0.2) is 0 Å². The second-order valence-corrected chi connectivity index (χ2v) is 4.99. The first-order valence-electron chi connectivity index (χ1n) is 6.18. The maximum atomic E-state index is 10.9. The molecule has 0 atom stereocenters. The molecule has 3 nitrogen and oxygen atoms in total. The van der Waals surface area contributed by atoms with Crippen molar-refractivity contribution in [2.45, 2.75) is 6.42 Å². The number of esters is 1. The Morgan fingerprint density at radius 3 is 2.47 bits per heavy atom. The molecule has 0 saturated carbocycles. The third kappa shape index (κ3) is 7.80. The highest BCUT2D eigenvalue weighted by Crippen LogP contribution is 2.04. The number of benzene rings is 1. The van der Waals surface area contributed by atoms with Crippen LogP contribution in [0.2, 0.25) is 0 Å². The predicted octanol–water partition coefficient (Wildman–Crippen LogP) is -0.961. The number of hydrogen-bond donors (Lipinski definition) is 0. The van der Waals surface area contributed by atoms with E-state index in [9.17, 15) is 4.79 Å². The molecule has 1 rings (SSSR count). The fourth-order valence-electron chi connectivity index (χ4n) is 1.64. The predicted molar refractivity (Wildman–Crippen MR) is 73.1 cm³/mol. The van der Waals surface area contributed by atoms with Crippen molar-refractivity contribution in [1.29, 1.82) is 0 Å². The lowest BCUT2D eigenvalue weighted by Crippen LogP contribution is -3.00. The summed E-state index contributed by atoms with van der Waals surface area (Å²) in [5.74, 6) is -0.349. The van der Waals surface area contributed by atoms with Crippen LogP contribution in [0, 0.1) is 0 Å². The Morgan fingerprint density at radius 2 is 1.89 bits per heavy atom. The molecular weight excluding hydrogens is 306 g/mol. The Labute approximate surface area is 126 Å². The molecule has 0 N–H and O–H groups in total. The van der Waals surface area contributed by atoms with Crippen molar-refractivity contribution in [2.75, 3.05) is 33.8 Å². The summed E-state index contributed by atoms with van der Waals surface area (Å²) in [6.45, 7) is 5.64. The van der Waals surface area contributed by atoms with Gasteiger partial charge in [0.25, 0.3) is 0 Å². The van der Waals surface area contributed by atoms with E-state index in [-0.39, 0.29) is 23.0 Å². The number of carbonyl (C=O) groups is 1. The maximum Gasteiger partial charge on any atom is 0.330 e. The fourth-order valence-corrected chi connectivity index (χ4v) is 1.64. The molecule has 0 radical (unpaired) electrons. The Bertz CT molecular complexity index is 390. The lowest BCUT2D eigenvalue weighted by Gasteiger charge is -2.29. The molecule has 0 aliphatic rings. The van der Waals surface area contributed by atoms with Crippen LogP contribution in [-0.2, 0) is 16.0 Å². The molecule has 0 aliphatic heterocycles. The van der Waals surface area contributed by atoms with Gasteiger partial charge in [-0.05, 0) is 5.56 Å². The highest BCUT2D eigenvalue weighted by Gasteiger charge is 2.15. The number of ether oxygens (including phenoxy) is 1. The second kappa shape index (κ2) is 8.88. The van der Waals surface area contributed by atoms with Gasteiger partial charge >= 0.3 is 5.97 Å². The van der Waals surface area contributed by atoms with Gasteiger partial charge in [-0.15, -0.1) is 0 Å². The van der Waals surface area contributed by atoms with Gasteiger partial charge in [0.1, 0.15) is 13.2 Å². The van der Waals surface area contributed by atoms with Crippen LogP contribution in [0.25, 0.3) is 0 Å². The number of hydrogen-bond acceptors (Lipinski definition) is 2. The van der Waals surface area contributed by atoms with Crippen LogP contribution in [0.15, 0.2) is 43.0 Å². The summed E-state index contributed by atoms with van der Waals surface area (Å²) < 4.78 is 5.84. The monoisotopic (exact) mass is 327 g/mol. The van der Waals surface area contributed by atoms with E-state index in [2.05, 4.69) is 44.9 Å². The SMILES string of the molecule is C=CC(=O)OCC[N+](C)(C)CCc1ccccc1.[Br-]. The van der Waals surface area contributed by atoms with E-state index in [1.807, 2.05) is 6.07 Å². The van der Waals surface area contributed by atoms with Gasteiger partial charge in [0.05, 0.1) is 20.6 Å². The lowest BCUT2D eigenvalue weighted by molar-refractivity contribution is -0.890. The van der Waals surface area contributed by atoms with E-state index < -0.39 is 0 Å². The van der Waals surface area contributed by atoms with E-state index in [0.717, 1.165) is 24.0 Å². The van der Waals surface area contributed by atoms with Crippen LogP contribution in [0.4, 0.5) is 0 Å². The summed E-state index contributed by atoms with van der Waals surface area (Å²) in [7, 11) is 4.29. The number of nitrogens with zero attached hydrogens (tertiary/aromatic N) is 1. The molecule has 0 saturated heterocycles. The molecule has 0 aromatic heterocycles. The minimum Gasteiger partial charge on any atom is -1.00 e. The van der Waals surface area contributed by atoms with Crippen LogP contribution in [0.3, 0.4) is 0 Å². The van der Waals surface area contributed by atoms with Crippen LogP contribution in [0.1, 0.15) is 5.56 Å². The molecule has 1 aromatic rings. The normalized spacial score (nSPS) is 10.4. The second-order valence-electron chi connectivity index (χ2n) is 4.99. The van der Waals surface area contributed by atoms with Gasteiger partial charge in [0, 0.05) is 12.5 Å². The van der Waals surface area contributed by atoms with Crippen molar-refractivity contribution in [3.63, 3.8) is 0 Å². The van der Waals surface area contributed by atoms with E-state index in [1.165, 1.54) is 11.6 Å². The molecule has 4 heteroatoms. The Hall–Kier alpha value is -1.13. The third-order valence-corrected chi connectivity index (χ3v) is 2.96. The first-order valence-corrected chi connectivity index (χ1v) is 6.18. The number of carbonyl (C=O) groups excluding carboxylic acids is 1. The van der Waals surface area contributed by atoms with Crippen molar-refractivity contribution < 1.29 is 31.0 Å². The van der Waals surface area contributed by atoms with Crippen LogP contribution in [0.5, 0.6) is 0 Å². The molecular formula is C15H22BrNO2. The minimum absolute atomic E-state index is 0. The first-order chi connectivity index (χ1) is 8.53. The summed E-state index contributed by atoms with van der Waals surface area (Å²) in [6.07, 6.45) is 2.23. The molecule has 0 bridgehead atoms. The van der Waals surface area contributed by atoms with Gasteiger partial charge in [-0.3, -0.25) is 0 Å². The zero-order valence-corrected chi connectivity index (χ0v) is 13.2. The molecule has 0 unspecified atom stereocenters. The number of likely N-dealkylation sites (N-methyl/N-ethyl adjacent to an activating group) is 1. The summed E-state index contributed by atoms with van der Waals surface area (Å²) >= 11 is 0. The third-order valence-electron chi connectivity index (χ3n) is 2.96. The van der Waals surface area contributed by atoms with Crippen molar-refractivity contribution >= 4 is 5.97 Å². The zero-order valence-electron chi connectivity index (χ0n) is 11.6. The largest absolute Gasteiger partial charge is 1.00 e. The molecule has 19 heavy (non-hydrogen) atoms. The summed E-state index contributed by atoms with van der Waals surface area (Å²) in [6, 6.07) is 10.4. The number of quaternary nitrogens is 1. The Balaban J connectivity index is 0.00000324.